The lowest BCUT2D eigenvalue weighted by atomic mass is 10.1. The molecule has 0 radical (unpaired) electrons. The first-order valence-corrected chi connectivity index (χ1v) is 7.29. The largest absolute Gasteiger partial charge is 0.355 e. The van der Waals surface area contributed by atoms with E-state index in [9.17, 15) is 4.79 Å². The van der Waals surface area contributed by atoms with Gasteiger partial charge in [-0.3, -0.25) is 4.79 Å². The fourth-order valence-electron chi connectivity index (χ4n) is 1.89. The first-order valence-electron chi connectivity index (χ1n) is 7.29. The first-order chi connectivity index (χ1) is 9.24. The average molecular weight is 262 g/mol. The number of hydrogen-bond donors (Lipinski definition) is 2. The van der Waals surface area contributed by atoms with Gasteiger partial charge in [0, 0.05) is 6.54 Å². The molecule has 1 aromatic carbocycles. The van der Waals surface area contributed by atoms with Gasteiger partial charge in [-0.25, -0.2) is 0 Å². The highest BCUT2D eigenvalue weighted by atomic mass is 16.2. The molecule has 2 N–H and O–H groups in total. The van der Waals surface area contributed by atoms with Crippen LogP contribution in [0.3, 0.4) is 0 Å². The predicted octanol–water partition coefficient (Wildman–Crippen LogP) is 2.51. The number of benzene rings is 1. The molecule has 0 aliphatic rings. The van der Waals surface area contributed by atoms with E-state index in [1.165, 1.54) is 5.56 Å². The molecule has 0 aromatic heterocycles. The van der Waals surface area contributed by atoms with Crippen LogP contribution in [0.4, 0.5) is 0 Å². The summed E-state index contributed by atoms with van der Waals surface area (Å²) in [5.74, 6) is 0.105. The summed E-state index contributed by atoms with van der Waals surface area (Å²) < 4.78 is 0. The van der Waals surface area contributed by atoms with Gasteiger partial charge in [0.15, 0.2) is 0 Å². The maximum atomic E-state index is 11.7. The topological polar surface area (TPSA) is 41.1 Å². The second kappa shape index (κ2) is 9.56. The van der Waals surface area contributed by atoms with Crippen LogP contribution < -0.4 is 10.6 Å². The minimum absolute atomic E-state index is 0.104. The van der Waals surface area contributed by atoms with Crippen LogP contribution in [0.25, 0.3) is 0 Å². The van der Waals surface area contributed by atoms with Crippen molar-refractivity contribution < 1.29 is 4.79 Å². The van der Waals surface area contributed by atoms with Crippen molar-refractivity contribution >= 4 is 5.91 Å². The standard InChI is InChI=1S/C16H26N2O/c1-3-4-12-18-16(19)14(2)17-13-8-11-15-9-6-5-7-10-15/h5-7,9-10,14,17H,3-4,8,11-13H2,1-2H3,(H,18,19). The van der Waals surface area contributed by atoms with Crippen LogP contribution in [0.1, 0.15) is 38.7 Å². The van der Waals surface area contributed by atoms with Crippen LogP contribution in [0.2, 0.25) is 0 Å². The Morgan fingerprint density at radius 1 is 1.16 bits per heavy atom. The third kappa shape index (κ3) is 6.97. The summed E-state index contributed by atoms with van der Waals surface area (Å²) in [7, 11) is 0. The molecule has 1 atom stereocenters. The van der Waals surface area contributed by atoms with E-state index in [0.717, 1.165) is 38.8 Å². The molecule has 3 heteroatoms. The molecule has 1 rings (SSSR count). The fourth-order valence-corrected chi connectivity index (χ4v) is 1.89. The van der Waals surface area contributed by atoms with Crippen LogP contribution in [0, 0.1) is 0 Å². The number of unbranched alkanes of at least 4 members (excludes halogenated alkanes) is 1. The molecule has 106 valence electrons. The van der Waals surface area contributed by atoms with Gasteiger partial charge in [-0.05, 0) is 38.3 Å². The van der Waals surface area contributed by atoms with E-state index in [4.69, 9.17) is 0 Å². The van der Waals surface area contributed by atoms with E-state index in [2.05, 4.69) is 41.8 Å². The minimum Gasteiger partial charge on any atom is -0.355 e. The van der Waals surface area contributed by atoms with Gasteiger partial charge in [-0.2, -0.15) is 0 Å². The molecule has 0 aliphatic heterocycles. The number of amides is 1. The maximum Gasteiger partial charge on any atom is 0.236 e. The monoisotopic (exact) mass is 262 g/mol. The Hall–Kier alpha value is -1.35. The van der Waals surface area contributed by atoms with Gasteiger partial charge in [0.05, 0.1) is 6.04 Å². The molecule has 19 heavy (non-hydrogen) atoms. The van der Waals surface area contributed by atoms with Crippen LogP contribution >= 0.6 is 0 Å². The Morgan fingerprint density at radius 2 is 1.89 bits per heavy atom. The van der Waals surface area contributed by atoms with Crippen LogP contribution in [-0.2, 0) is 11.2 Å². The fraction of sp³-hybridized carbons (Fsp3) is 0.562. The normalized spacial score (nSPS) is 12.1. The summed E-state index contributed by atoms with van der Waals surface area (Å²) in [5.41, 5.74) is 1.35. The Labute approximate surface area is 116 Å². The molecule has 1 amide bonds. The highest BCUT2D eigenvalue weighted by Crippen LogP contribution is 2.01. The van der Waals surface area contributed by atoms with Gasteiger partial charge in [-0.15, -0.1) is 0 Å². The van der Waals surface area contributed by atoms with Gasteiger partial charge in [0.1, 0.15) is 0 Å². The van der Waals surface area contributed by atoms with Crippen molar-refractivity contribution in [2.75, 3.05) is 13.1 Å². The Morgan fingerprint density at radius 3 is 2.58 bits per heavy atom. The van der Waals surface area contributed by atoms with E-state index in [-0.39, 0.29) is 11.9 Å². The van der Waals surface area contributed by atoms with Gasteiger partial charge in [0.25, 0.3) is 0 Å². The highest BCUT2D eigenvalue weighted by Gasteiger charge is 2.10. The quantitative estimate of drug-likeness (QED) is 0.671. The summed E-state index contributed by atoms with van der Waals surface area (Å²) in [6, 6.07) is 10.3. The zero-order valence-corrected chi connectivity index (χ0v) is 12.1. The lowest BCUT2D eigenvalue weighted by molar-refractivity contribution is -0.122. The summed E-state index contributed by atoms with van der Waals surface area (Å²) in [6.45, 7) is 5.70. The van der Waals surface area contributed by atoms with E-state index in [1.807, 2.05) is 13.0 Å². The lowest BCUT2D eigenvalue weighted by Gasteiger charge is -2.13. The van der Waals surface area contributed by atoms with Crippen molar-refractivity contribution in [2.45, 2.75) is 45.6 Å². The number of hydrogen-bond acceptors (Lipinski definition) is 2. The zero-order valence-electron chi connectivity index (χ0n) is 12.1. The van der Waals surface area contributed by atoms with Crippen molar-refractivity contribution in [1.29, 1.82) is 0 Å². The second-order valence-electron chi connectivity index (χ2n) is 4.91. The average Bonchev–Trinajstić information content (AvgIpc) is 2.44. The van der Waals surface area contributed by atoms with Crippen molar-refractivity contribution in [3.8, 4) is 0 Å². The van der Waals surface area contributed by atoms with Crippen LogP contribution in [0.15, 0.2) is 30.3 Å². The molecular formula is C16H26N2O. The summed E-state index contributed by atoms with van der Waals surface area (Å²) in [6.07, 6.45) is 4.26. The molecule has 1 aromatic rings. The molecule has 3 nitrogen and oxygen atoms in total. The number of nitrogens with one attached hydrogen (secondary N) is 2. The van der Waals surface area contributed by atoms with E-state index in [0.29, 0.717) is 0 Å². The molecule has 1 unspecified atom stereocenters. The summed E-state index contributed by atoms with van der Waals surface area (Å²) in [5, 5.41) is 6.21. The molecule has 0 saturated carbocycles. The van der Waals surface area contributed by atoms with E-state index < -0.39 is 0 Å². The molecule has 0 heterocycles. The number of carbonyl (C=O) groups is 1. The minimum atomic E-state index is -0.104. The third-order valence-corrected chi connectivity index (χ3v) is 3.16. The molecule has 0 fully saturated rings. The molecule has 0 bridgehead atoms. The number of aryl methyl sites for hydroxylation is 1. The van der Waals surface area contributed by atoms with E-state index >= 15 is 0 Å². The summed E-state index contributed by atoms with van der Waals surface area (Å²) >= 11 is 0. The molecular weight excluding hydrogens is 236 g/mol. The number of rotatable bonds is 9. The van der Waals surface area contributed by atoms with Gasteiger partial charge in [0.2, 0.25) is 5.91 Å². The molecule has 0 saturated heterocycles. The van der Waals surface area contributed by atoms with Crippen LogP contribution in [-0.4, -0.2) is 25.0 Å². The Bertz CT molecular complexity index is 351. The first kappa shape index (κ1) is 15.7. The highest BCUT2D eigenvalue weighted by molar-refractivity contribution is 5.81. The second-order valence-corrected chi connectivity index (χ2v) is 4.91. The van der Waals surface area contributed by atoms with E-state index in [1.54, 1.807) is 0 Å². The van der Waals surface area contributed by atoms with Gasteiger partial charge < -0.3 is 10.6 Å². The van der Waals surface area contributed by atoms with Gasteiger partial charge >= 0.3 is 0 Å². The Balaban J connectivity index is 2.09. The predicted molar refractivity (Wildman–Crippen MR) is 80.1 cm³/mol. The third-order valence-electron chi connectivity index (χ3n) is 3.16. The smallest absolute Gasteiger partial charge is 0.236 e. The maximum absolute atomic E-state index is 11.7. The van der Waals surface area contributed by atoms with Crippen LogP contribution in [0.5, 0.6) is 0 Å². The lowest BCUT2D eigenvalue weighted by Crippen LogP contribution is -2.42. The van der Waals surface area contributed by atoms with Crippen molar-refractivity contribution in [2.24, 2.45) is 0 Å². The molecule has 0 spiro atoms. The van der Waals surface area contributed by atoms with Crippen molar-refractivity contribution in [3.63, 3.8) is 0 Å². The molecule has 0 aliphatic carbocycles. The van der Waals surface area contributed by atoms with Crippen molar-refractivity contribution in [3.05, 3.63) is 35.9 Å². The van der Waals surface area contributed by atoms with Crippen molar-refractivity contribution in [1.82, 2.24) is 10.6 Å². The Kier molecular flexibility index (Phi) is 7.91. The SMILES string of the molecule is CCCCNC(=O)C(C)NCCCc1ccccc1. The number of carbonyl (C=O) groups excluding carboxylic acids is 1. The summed E-state index contributed by atoms with van der Waals surface area (Å²) in [4.78, 5) is 11.7. The zero-order chi connectivity index (χ0) is 13.9. The van der Waals surface area contributed by atoms with Gasteiger partial charge in [-0.1, -0.05) is 43.7 Å².